The summed E-state index contributed by atoms with van der Waals surface area (Å²) in [5.41, 5.74) is -1.92. The lowest BCUT2D eigenvalue weighted by molar-refractivity contribution is -0.148. The van der Waals surface area contributed by atoms with Crippen LogP contribution in [0.3, 0.4) is 0 Å². The second-order valence-corrected chi connectivity index (χ2v) is 6.25. The standard InChI is InChI=1S/C13H23NO5/c1-12(2,3)19-11(18)14-8-9(5-6-15)7-13(14,4)10(16)17/h9,15H,5-8H2,1-4H3,(H,16,17)/t9-,13-/m0/s1. The molecule has 6 nitrogen and oxygen atoms in total. The molecule has 0 aromatic carbocycles. The minimum atomic E-state index is -1.26. The SMILES string of the molecule is CC(C)(C)OC(=O)N1C[C@@H](CCO)C[C@@]1(C)C(=O)O. The molecular formula is C13H23NO5. The summed E-state index contributed by atoms with van der Waals surface area (Å²) in [5.74, 6) is -1.06. The fourth-order valence-electron chi connectivity index (χ4n) is 2.37. The molecule has 0 aliphatic carbocycles. The number of carboxylic acid groups (broad SMARTS) is 1. The highest BCUT2D eigenvalue weighted by Gasteiger charge is 2.51. The third-order valence-corrected chi connectivity index (χ3v) is 3.33. The molecule has 1 saturated heterocycles. The molecule has 1 rings (SSSR count). The van der Waals surface area contributed by atoms with Crippen molar-refractivity contribution in [3.8, 4) is 0 Å². The average molecular weight is 273 g/mol. The van der Waals surface area contributed by atoms with Crippen molar-refractivity contribution in [1.82, 2.24) is 4.90 Å². The molecule has 0 spiro atoms. The van der Waals surface area contributed by atoms with Gasteiger partial charge in [0.25, 0.3) is 0 Å². The topological polar surface area (TPSA) is 87.1 Å². The fourth-order valence-corrected chi connectivity index (χ4v) is 2.37. The summed E-state index contributed by atoms with van der Waals surface area (Å²) in [6, 6.07) is 0. The van der Waals surface area contributed by atoms with Gasteiger partial charge in [-0.15, -0.1) is 0 Å². The smallest absolute Gasteiger partial charge is 0.411 e. The van der Waals surface area contributed by atoms with Crippen molar-refractivity contribution in [2.75, 3.05) is 13.2 Å². The Morgan fingerprint density at radius 3 is 2.42 bits per heavy atom. The quantitative estimate of drug-likeness (QED) is 0.813. The molecule has 1 aliphatic heterocycles. The largest absolute Gasteiger partial charge is 0.480 e. The van der Waals surface area contributed by atoms with E-state index in [1.165, 1.54) is 11.8 Å². The Morgan fingerprint density at radius 1 is 1.42 bits per heavy atom. The van der Waals surface area contributed by atoms with Crippen molar-refractivity contribution in [2.45, 2.75) is 51.7 Å². The second-order valence-electron chi connectivity index (χ2n) is 6.25. The minimum absolute atomic E-state index is 0.0114. The monoisotopic (exact) mass is 273 g/mol. The molecule has 0 aromatic rings. The summed E-state index contributed by atoms with van der Waals surface area (Å²) in [6.07, 6.45) is 0.211. The molecular weight excluding hydrogens is 250 g/mol. The number of rotatable bonds is 3. The number of carboxylic acids is 1. The third kappa shape index (κ3) is 3.59. The molecule has 6 heteroatoms. The highest BCUT2D eigenvalue weighted by Crippen LogP contribution is 2.36. The van der Waals surface area contributed by atoms with Crippen LogP contribution < -0.4 is 0 Å². The third-order valence-electron chi connectivity index (χ3n) is 3.33. The highest BCUT2D eigenvalue weighted by molar-refractivity contribution is 5.84. The predicted octanol–water partition coefficient (Wildman–Crippen LogP) is 1.47. The number of likely N-dealkylation sites (tertiary alicyclic amines) is 1. The summed E-state index contributed by atoms with van der Waals surface area (Å²) < 4.78 is 5.25. The molecule has 110 valence electrons. The summed E-state index contributed by atoms with van der Waals surface area (Å²) in [7, 11) is 0. The van der Waals surface area contributed by atoms with E-state index in [1.54, 1.807) is 20.8 Å². The second kappa shape index (κ2) is 5.36. The van der Waals surface area contributed by atoms with Gasteiger partial charge in [0, 0.05) is 13.2 Å². The van der Waals surface area contributed by atoms with Crippen LogP contribution in [0, 0.1) is 5.92 Å². The van der Waals surface area contributed by atoms with Crippen molar-refractivity contribution in [2.24, 2.45) is 5.92 Å². The number of aliphatic hydroxyl groups excluding tert-OH is 1. The van der Waals surface area contributed by atoms with Gasteiger partial charge in [-0.05, 0) is 46.5 Å². The van der Waals surface area contributed by atoms with Crippen LogP contribution >= 0.6 is 0 Å². The number of carbonyl (C=O) groups excluding carboxylic acids is 1. The van der Waals surface area contributed by atoms with E-state index in [4.69, 9.17) is 9.84 Å². The summed E-state index contributed by atoms with van der Waals surface area (Å²) >= 11 is 0. The molecule has 0 aromatic heterocycles. The Balaban J connectivity index is 2.89. The van der Waals surface area contributed by atoms with Gasteiger partial charge < -0.3 is 14.9 Å². The molecule has 1 heterocycles. The van der Waals surface area contributed by atoms with Crippen LogP contribution in [0.1, 0.15) is 40.5 Å². The molecule has 0 unspecified atom stereocenters. The molecule has 19 heavy (non-hydrogen) atoms. The van der Waals surface area contributed by atoms with Crippen molar-refractivity contribution >= 4 is 12.1 Å². The van der Waals surface area contributed by atoms with Crippen LogP contribution in [0.15, 0.2) is 0 Å². The van der Waals surface area contributed by atoms with Crippen LogP contribution in [0.2, 0.25) is 0 Å². The fraction of sp³-hybridized carbons (Fsp3) is 0.846. The maximum absolute atomic E-state index is 12.1. The number of hydrogen-bond donors (Lipinski definition) is 2. The number of amides is 1. The molecule has 1 amide bonds. The Kier molecular flexibility index (Phi) is 4.45. The summed E-state index contributed by atoms with van der Waals surface area (Å²) in [5, 5.41) is 18.3. The van der Waals surface area contributed by atoms with Crippen molar-refractivity contribution < 1.29 is 24.5 Å². The van der Waals surface area contributed by atoms with Crippen molar-refractivity contribution in [1.29, 1.82) is 0 Å². The Bertz CT molecular complexity index is 363. The van der Waals surface area contributed by atoms with Crippen molar-refractivity contribution in [3.05, 3.63) is 0 Å². The Morgan fingerprint density at radius 2 is 2.00 bits per heavy atom. The molecule has 2 atom stereocenters. The first kappa shape index (κ1) is 15.8. The lowest BCUT2D eigenvalue weighted by Crippen LogP contribution is -2.52. The number of ether oxygens (including phenoxy) is 1. The van der Waals surface area contributed by atoms with E-state index in [2.05, 4.69) is 0 Å². The van der Waals surface area contributed by atoms with Crippen LogP contribution in [-0.2, 0) is 9.53 Å². The first-order valence-corrected chi connectivity index (χ1v) is 6.45. The maximum Gasteiger partial charge on any atom is 0.411 e. The van der Waals surface area contributed by atoms with E-state index in [9.17, 15) is 14.7 Å². The zero-order valence-corrected chi connectivity index (χ0v) is 12.0. The number of aliphatic carboxylic acids is 1. The number of aliphatic hydroxyl groups is 1. The highest BCUT2D eigenvalue weighted by atomic mass is 16.6. The van der Waals surface area contributed by atoms with E-state index in [-0.39, 0.29) is 12.5 Å². The first-order chi connectivity index (χ1) is 8.60. The number of nitrogens with zero attached hydrogens (tertiary/aromatic N) is 1. The Hall–Kier alpha value is -1.30. The van der Waals surface area contributed by atoms with E-state index in [1.807, 2.05) is 0 Å². The van der Waals surface area contributed by atoms with E-state index >= 15 is 0 Å². The Labute approximate surface area is 113 Å². The predicted molar refractivity (Wildman–Crippen MR) is 68.8 cm³/mol. The number of carbonyl (C=O) groups is 2. The molecule has 1 fully saturated rings. The van der Waals surface area contributed by atoms with Crippen molar-refractivity contribution in [3.63, 3.8) is 0 Å². The van der Waals surface area contributed by atoms with Gasteiger partial charge in [-0.2, -0.15) is 0 Å². The summed E-state index contributed by atoms with van der Waals surface area (Å²) in [6.45, 7) is 7.04. The van der Waals surface area contributed by atoms with E-state index in [0.717, 1.165) is 0 Å². The van der Waals surface area contributed by atoms with Gasteiger partial charge in [0.05, 0.1) is 0 Å². The van der Waals surface area contributed by atoms with Crippen LogP contribution in [-0.4, -0.2) is 51.5 Å². The van der Waals surface area contributed by atoms with Gasteiger partial charge in [0.2, 0.25) is 0 Å². The average Bonchev–Trinajstić information content (AvgIpc) is 2.55. The number of hydrogen-bond acceptors (Lipinski definition) is 4. The normalized spacial score (nSPS) is 27.4. The minimum Gasteiger partial charge on any atom is -0.480 e. The zero-order valence-electron chi connectivity index (χ0n) is 12.0. The molecule has 2 N–H and O–H groups in total. The molecule has 0 radical (unpaired) electrons. The van der Waals surface area contributed by atoms with Crippen LogP contribution in [0.4, 0.5) is 4.79 Å². The van der Waals surface area contributed by atoms with Gasteiger partial charge in [-0.3, -0.25) is 4.90 Å². The van der Waals surface area contributed by atoms with Crippen LogP contribution in [0.25, 0.3) is 0 Å². The van der Waals surface area contributed by atoms with Gasteiger partial charge in [-0.25, -0.2) is 9.59 Å². The summed E-state index contributed by atoms with van der Waals surface area (Å²) in [4.78, 5) is 24.8. The lowest BCUT2D eigenvalue weighted by atomic mass is 9.93. The van der Waals surface area contributed by atoms with Crippen LogP contribution in [0.5, 0.6) is 0 Å². The maximum atomic E-state index is 12.1. The molecule has 1 aliphatic rings. The van der Waals surface area contributed by atoms with Gasteiger partial charge in [0.15, 0.2) is 0 Å². The van der Waals surface area contributed by atoms with E-state index < -0.39 is 23.2 Å². The van der Waals surface area contributed by atoms with Gasteiger partial charge >= 0.3 is 12.1 Å². The first-order valence-electron chi connectivity index (χ1n) is 6.45. The lowest BCUT2D eigenvalue weighted by Gasteiger charge is -2.32. The zero-order chi connectivity index (χ0) is 14.8. The molecule has 0 bridgehead atoms. The van der Waals surface area contributed by atoms with E-state index in [0.29, 0.717) is 19.4 Å². The molecule has 0 saturated carbocycles. The van der Waals surface area contributed by atoms with Gasteiger partial charge in [-0.1, -0.05) is 0 Å². The van der Waals surface area contributed by atoms with Gasteiger partial charge in [0.1, 0.15) is 11.1 Å².